The molecule has 0 spiro atoms. The first-order chi connectivity index (χ1) is 4.11. The molecule has 0 fully saturated rings. The van der Waals surface area contributed by atoms with E-state index in [0.29, 0.717) is 0 Å². The fourth-order valence-electron chi connectivity index (χ4n) is 0.440. The highest BCUT2D eigenvalue weighted by molar-refractivity contribution is 9.09. The minimum atomic E-state index is -2.85. The Bertz CT molecular complexity index is 177. The Morgan fingerprint density at radius 1 is 1.56 bits per heavy atom. The van der Waals surface area contributed by atoms with Crippen LogP contribution in [0.2, 0.25) is 0 Å². The van der Waals surface area contributed by atoms with Gasteiger partial charge in [0, 0.05) is 0 Å². The zero-order chi connectivity index (χ0) is 6.91. The van der Waals surface area contributed by atoms with Gasteiger partial charge in [0.2, 0.25) is 0 Å². The lowest BCUT2D eigenvalue weighted by Crippen LogP contribution is -1.97. The van der Waals surface area contributed by atoms with Crippen LogP contribution < -0.4 is 0 Å². The molecule has 1 heterocycles. The van der Waals surface area contributed by atoms with Gasteiger partial charge in [0.25, 0.3) is 0 Å². The molecule has 0 saturated carbocycles. The van der Waals surface area contributed by atoms with Crippen molar-refractivity contribution >= 4 is 27.3 Å². The van der Waals surface area contributed by atoms with Gasteiger partial charge in [-0.25, -0.2) is 0 Å². The van der Waals surface area contributed by atoms with Gasteiger partial charge in [-0.05, 0) is 27.4 Å². The summed E-state index contributed by atoms with van der Waals surface area (Å²) >= 11 is 3.28. The Hall–Kier alpha value is 0.0400. The van der Waals surface area contributed by atoms with E-state index in [9.17, 15) is 8.78 Å². The van der Waals surface area contributed by atoms with E-state index in [4.69, 9.17) is 0 Å². The van der Waals surface area contributed by atoms with E-state index in [1.54, 1.807) is 11.4 Å². The monoisotopic (exact) mass is 212 g/mol. The molecular formula is C5H3BrF2S. The summed E-state index contributed by atoms with van der Waals surface area (Å²) in [6, 6.07) is 2.98. The molecule has 0 aliphatic rings. The van der Waals surface area contributed by atoms with Gasteiger partial charge in [0.05, 0.1) is 4.88 Å². The molecule has 1 aromatic heterocycles. The van der Waals surface area contributed by atoms with Crippen LogP contribution in [0.3, 0.4) is 0 Å². The van der Waals surface area contributed by atoms with Gasteiger partial charge in [-0.15, -0.1) is 11.3 Å². The van der Waals surface area contributed by atoms with Crippen molar-refractivity contribution in [3.05, 3.63) is 22.4 Å². The molecule has 0 bridgehead atoms. The zero-order valence-corrected chi connectivity index (χ0v) is 6.68. The highest BCUT2D eigenvalue weighted by atomic mass is 79.9. The van der Waals surface area contributed by atoms with Crippen LogP contribution in [0, 0.1) is 0 Å². The van der Waals surface area contributed by atoms with Crippen LogP contribution in [0.15, 0.2) is 17.5 Å². The number of halogens is 3. The Labute approximate surface area is 63.6 Å². The third-order valence-corrected chi connectivity index (χ3v) is 2.43. The fraction of sp³-hybridized carbons (Fsp3) is 0.200. The SMILES string of the molecule is FC(F)(Br)c1cccs1. The van der Waals surface area contributed by atoms with E-state index in [1.807, 2.05) is 0 Å². The van der Waals surface area contributed by atoms with Crippen molar-refractivity contribution < 1.29 is 8.78 Å². The molecule has 0 aliphatic carbocycles. The van der Waals surface area contributed by atoms with Crippen LogP contribution in [-0.2, 0) is 4.83 Å². The molecular weight excluding hydrogens is 210 g/mol. The van der Waals surface area contributed by atoms with Crippen LogP contribution in [0.4, 0.5) is 8.78 Å². The minimum absolute atomic E-state index is 0.0440. The van der Waals surface area contributed by atoms with Crippen LogP contribution in [0.5, 0.6) is 0 Å². The molecule has 1 aromatic rings. The van der Waals surface area contributed by atoms with Crippen molar-refractivity contribution in [2.24, 2.45) is 0 Å². The van der Waals surface area contributed by atoms with Gasteiger partial charge in [-0.3, -0.25) is 0 Å². The second kappa shape index (κ2) is 2.34. The maximum atomic E-state index is 12.2. The van der Waals surface area contributed by atoms with Crippen molar-refractivity contribution in [1.29, 1.82) is 0 Å². The molecule has 0 nitrogen and oxygen atoms in total. The van der Waals surface area contributed by atoms with E-state index in [2.05, 4.69) is 15.9 Å². The second-order valence-electron chi connectivity index (χ2n) is 1.48. The number of hydrogen-bond acceptors (Lipinski definition) is 1. The first-order valence-corrected chi connectivity index (χ1v) is 3.88. The maximum Gasteiger partial charge on any atom is 0.335 e. The molecule has 0 aliphatic heterocycles. The molecule has 50 valence electrons. The van der Waals surface area contributed by atoms with Crippen molar-refractivity contribution in [2.75, 3.05) is 0 Å². The van der Waals surface area contributed by atoms with Crippen molar-refractivity contribution in [2.45, 2.75) is 4.83 Å². The normalized spacial score (nSPS) is 11.9. The first kappa shape index (κ1) is 7.15. The van der Waals surface area contributed by atoms with Gasteiger partial charge in [0.15, 0.2) is 0 Å². The summed E-state index contributed by atoms with van der Waals surface area (Å²) in [7, 11) is 0. The molecule has 1 rings (SSSR count). The number of hydrogen-bond donors (Lipinski definition) is 0. The van der Waals surface area contributed by atoms with Crippen LogP contribution in [0.25, 0.3) is 0 Å². The van der Waals surface area contributed by atoms with Gasteiger partial charge < -0.3 is 0 Å². The summed E-state index contributed by atoms with van der Waals surface area (Å²) in [5.74, 6) is 0. The van der Waals surface area contributed by atoms with E-state index in [0.717, 1.165) is 11.3 Å². The number of alkyl halides is 3. The average Bonchev–Trinajstić information content (AvgIpc) is 2.08. The van der Waals surface area contributed by atoms with Crippen LogP contribution in [-0.4, -0.2) is 0 Å². The Morgan fingerprint density at radius 2 is 2.22 bits per heavy atom. The fourth-order valence-corrected chi connectivity index (χ4v) is 1.45. The highest BCUT2D eigenvalue weighted by Crippen LogP contribution is 2.36. The lowest BCUT2D eigenvalue weighted by Gasteiger charge is -2.02. The van der Waals surface area contributed by atoms with Gasteiger partial charge in [0.1, 0.15) is 0 Å². The maximum absolute atomic E-state index is 12.2. The topological polar surface area (TPSA) is 0 Å². The van der Waals surface area contributed by atoms with Crippen LogP contribution >= 0.6 is 27.3 Å². The van der Waals surface area contributed by atoms with E-state index < -0.39 is 4.83 Å². The summed E-state index contributed by atoms with van der Waals surface area (Å²) in [6.45, 7) is 0. The van der Waals surface area contributed by atoms with Gasteiger partial charge >= 0.3 is 4.83 Å². The molecule has 9 heavy (non-hydrogen) atoms. The van der Waals surface area contributed by atoms with Crippen molar-refractivity contribution in [1.82, 2.24) is 0 Å². The Kier molecular flexibility index (Phi) is 1.86. The van der Waals surface area contributed by atoms with Gasteiger partial charge in [-0.2, -0.15) is 8.78 Å². The second-order valence-corrected chi connectivity index (χ2v) is 3.42. The summed E-state index contributed by atoms with van der Waals surface area (Å²) in [4.78, 5) is -2.80. The molecule has 4 heteroatoms. The van der Waals surface area contributed by atoms with Crippen molar-refractivity contribution in [3.63, 3.8) is 0 Å². The van der Waals surface area contributed by atoms with Crippen molar-refractivity contribution in [3.8, 4) is 0 Å². The van der Waals surface area contributed by atoms with E-state index >= 15 is 0 Å². The molecule has 0 amide bonds. The minimum Gasteiger partial charge on any atom is -0.187 e. The highest BCUT2D eigenvalue weighted by Gasteiger charge is 2.27. The smallest absolute Gasteiger partial charge is 0.187 e. The molecule has 0 radical (unpaired) electrons. The average molecular weight is 213 g/mol. The number of rotatable bonds is 1. The lowest BCUT2D eigenvalue weighted by molar-refractivity contribution is 0.119. The third-order valence-electron chi connectivity index (χ3n) is 0.801. The number of thiophene rings is 1. The third kappa shape index (κ3) is 1.72. The molecule has 0 aromatic carbocycles. The molecule has 0 unspecified atom stereocenters. The van der Waals surface area contributed by atoms with Gasteiger partial charge in [-0.1, -0.05) is 6.07 Å². The Morgan fingerprint density at radius 3 is 2.44 bits per heavy atom. The first-order valence-electron chi connectivity index (χ1n) is 2.21. The largest absolute Gasteiger partial charge is 0.335 e. The summed E-state index contributed by atoms with van der Waals surface area (Å²) in [6.07, 6.45) is 0. The summed E-state index contributed by atoms with van der Waals surface area (Å²) < 4.78 is 24.4. The summed E-state index contributed by atoms with van der Waals surface area (Å²) in [5.41, 5.74) is 0. The summed E-state index contributed by atoms with van der Waals surface area (Å²) in [5, 5.41) is 1.62. The zero-order valence-electron chi connectivity index (χ0n) is 4.27. The van der Waals surface area contributed by atoms with E-state index in [-0.39, 0.29) is 4.88 Å². The lowest BCUT2D eigenvalue weighted by atomic mass is 10.5. The standard InChI is InChI=1S/C5H3BrF2S/c6-5(7,8)4-2-1-3-9-4/h1-3H. The Balaban J connectivity index is 2.90. The molecule has 0 N–H and O–H groups in total. The van der Waals surface area contributed by atoms with E-state index in [1.165, 1.54) is 6.07 Å². The molecule has 0 saturated heterocycles. The molecule has 0 atom stereocenters. The van der Waals surface area contributed by atoms with Crippen LogP contribution in [0.1, 0.15) is 4.88 Å². The quantitative estimate of drug-likeness (QED) is 0.628. The predicted molar refractivity (Wildman–Crippen MR) is 37.1 cm³/mol. The predicted octanol–water partition coefficient (Wildman–Crippen LogP) is 3.19.